The number of guanidine groups is 1. The van der Waals surface area contributed by atoms with Crippen molar-refractivity contribution in [3.05, 3.63) is 0 Å². The standard InChI is InChI=1S/C19H41N5.HI/c1-9-20-19(21-10-11-24(15(4)5)16(6)7)22-18-13-23(14(2)3)12-17(18)8;/h14-18H,9-13H2,1-8H3,(H2,20,21,22);1H. The third-order valence-electron chi connectivity index (χ3n) is 4.99. The van der Waals surface area contributed by atoms with E-state index in [1.54, 1.807) is 0 Å². The van der Waals surface area contributed by atoms with Crippen molar-refractivity contribution >= 4 is 29.9 Å². The Morgan fingerprint density at radius 1 is 1.12 bits per heavy atom. The summed E-state index contributed by atoms with van der Waals surface area (Å²) in [6.07, 6.45) is 0. The van der Waals surface area contributed by atoms with Crippen LogP contribution in [0.3, 0.4) is 0 Å². The highest BCUT2D eigenvalue weighted by atomic mass is 127. The van der Waals surface area contributed by atoms with Crippen molar-refractivity contribution in [2.45, 2.75) is 79.6 Å². The highest BCUT2D eigenvalue weighted by molar-refractivity contribution is 14.0. The van der Waals surface area contributed by atoms with Gasteiger partial charge >= 0.3 is 0 Å². The molecule has 0 spiro atoms. The van der Waals surface area contributed by atoms with E-state index >= 15 is 0 Å². The zero-order chi connectivity index (χ0) is 18.3. The van der Waals surface area contributed by atoms with Gasteiger partial charge in [0.25, 0.3) is 0 Å². The SMILES string of the molecule is CCNC(=NCCN(C(C)C)C(C)C)NC1CN(C(C)C)CC1C.I. The van der Waals surface area contributed by atoms with Gasteiger partial charge in [0, 0.05) is 50.3 Å². The van der Waals surface area contributed by atoms with Gasteiger partial charge in [-0.2, -0.15) is 0 Å². The number of halogens is 1. The van der Waals surface area contributed by atoms with E-state index in [4.69, 9.17) is 4.99 Å². The number of nitrogens with zero attached hydrogens (tertiary/aromatic N) is 3. The topological polar surface area (TPSA) is 42.9 Å². The number of hydrogen-bond acceptors (Lipinski definition) is 3. The summed E-state index contributed by atoms with van der Waals surface area (Å²) in [6.45, 7) is 23.1. The molecule has 0 bridgehead atoms. The van der Waals surface area contributed by atoms with Crippen LogP contribution in [0.25, 0.3) is 0 Å². The molecule has 0 amide bonds. The minimum Gasteiger partial charge on any atom is -0.357 e. The fourth-order valence-electron chi connectivity index (χ4n) is 3.50. The molecular formula is C19H42IN5. The summed E-state index contributed by atoms with van der Waals surface area (Å²) in [7, 11) is 0. The van der Waals surface area contributed by atoms with E-state index in [1.165, 1.54) is 6.54 Å². The van der Waals surface area contributed by atoms with Crippen LogP contribution in [-0.4, -0.2) is 72.7 Å². The number of nitrogens with one attached hydrogen (secondary N) is 2. The van der Waals surface area contributed by atoms with E-state index in [1.807, 2.05) is 0 Å². The Hall–Kier alpha value is -0.0800. The van der Waals surface area contributed by atoms with Crippen LogP contribution in [0.15, 0.2) is 4.99 Å². The molecule has 2 unspecified atom stereocenters. The average Bonchev–Trinajstić information content (AvgIpc) is 2.84. The van der Waals surface area contributed by atoms with Crippen molar-refractivity contribution < 1.29 is 0 Å². The summed E-state index contributed by atoms with van der Waals surface area (Å²) in [5.41, 5.74) is 0. The molecule has 1 rings (SSSR count). The Balaban J connectivity index is 0.00000576. The molecule has 2 atom stereocenters. The maximum Gasteiger partial charge on any atom is 0.191 e. The monoisotopic (exact) mass is 467 g/mol. The summed E-state index contributed by atoms with van der Waals surface area (Å²) >= 11 is 0. The van der Waals surface area contributed by atoms with Crippen LogP contribution in [0.4, 0.5) is 0 Å². The Morgan fingerprint density at radius 3 is 2.16 bits per heavy atom. The van der Waals surface area contributed by atoms with Crippen LogP contribution in [0.5, 0.6) is 0 Å². The highest BCUT2D eigenvalue weighted by Gasteiger charge is 2.31. The first-order valence-corrected chi connectivity index (χ1v) is 9.80. The number of rotatable bonds is 8. The number of likely N-dealkylation sites (tertiary alicyclic amines) is 1. The van der Waals surface area contributed by atoms with Crippen molar-refractivity contribution in [2.75, 3.05) is 32.7 Å². The van der Waals surface area contributed by atoms with Crippen molar-refractivity contribution in [1.82, 2.24) is 20.4 Å². The van der Waals surface area contributed by atoms with Gasteiger partial charge in [-0.15, -0.1) is 24.0 Å². The Bertz CT molecular complexity index is 376. The van der Waals surface area contributed by atoms with Gasteiger partial charge < -0.3 is 10.6 Å². The molecule has 0 aliphatic carbocycles. The summed E-state index contributed by atoms with van der Waals surface area (Å²) in [6, 6.07) is 2.22. The van der Waals surface area contributed by atoms with Gasteiger partial charge in [0.15, 0.2) is 5.96 Å². The molecule has 0 aromatic rings. The predicted molar refractivity (Wildman–Crippen MR) is 121 cm³/mol. The fourth-order valence-corrected chi connectivity index (χ4v) is 3.50. The maximum atomic E-state index is 4.82. The molecule has 6 heteroatoms. The summed E-state index contributed by atoms with van der Waals surface area (Å²) in [4.78, 5) is 9.86. The molecule has 1 fully saturated rings. The Kier molecular flexibility index (Phi) is 12.3. The number of hydrogen-bond donors (Lipinski definition) is 2. The van der Waals surface area contributed by atoms with Crippen LogP contribution in [-0.2, 0) is 0 Å². The van der Waals surface area contributed by atoms with Crippen LogP contribution in [0.2, 0.25) is 0 Å². The molecule has 2 N–H and O–H groups in total. The molecular weight excluding hydrogens is 425 g/mol. The third kappa shape index (κ3) is 8.43. The van der Waals surface area contributed by atoms with Crippen LogP contribution in [0.1, 0.15) is 55.4 Å². The van der Waals surface area contributed by atoms with E-state index in [2.05, 4.69) is 75.8 Å². The molecule has 1 aliphatic rings. The minimum absolute atomic E-state index is 0. The molecule has 0 saturated carbocycles. The van der Waals surface area contributed by atoms with E-state index in [9.17, 15) is 0 Å². The lowest BCUT2D eigenvalue weighted by Gasteiger charge is -2.30. The Morgan fingerprint density at radius 2 is 1.72 bits per heavy atom. The van der Waals surface area contributed by atoms with Gasteiger partial charge in [-0.1, -0.05) is 6.92 Å². The maximum absolute atomic E-state index is 4.82. The molecule has 1 saturated heterocycles. The van der Waals surface area contributed by atoms with Crippen molar-refractivity contribution in [2.24, 2.45) is 10.9 Å². The van der Waals surface area contributed by atoms with Gasteiger partial charge in [0.05, 0.1) is 6.54 Å². The van der Waals surface area contributed by atoms with Crippen LogP contribution in [0, 0.1) is 5.92 Å². The number of aliphatic imine (C=N–C) groups is 1. The molecule has 1 aliphatic heterocycles. The average molecular weight is 467 g/mol. The normalized spacial score (nSPS) is 22.2. The first-order valence-electron chi connectivity index (χ1n) is 9.80. The lowest BCUT2D eigenvalue weighted by atomic mass is 10.1. The highest BCUT2D eigenvalue weighted by Crippen LogP contribution is 2.18. The quantitative estimate of drug-likeness (QED) is 0.327. The van der Waals surface area contributed by atoms with Gasteiger partial charge in [-0.05, 0) is 54.4 Å². The minimum atomic E-state index is 0. The first kappa shape index (κ1) is 24.9. The molecule has 0 radical (unpaired) electrons. The fraction of sp³-hybridized carbons (Fsp3) is 0.947. The van der Waals surface area contributed by atoms with E-state index in [0.29, 0.717) is 30.1 Å². The first-order chi connectivity index (χ1) is 11.3. The van der Waals surface area contributed by atoms with Gasteiger partial charge in [-0.25, -0.2) is 0 Å². The molecule has 5 nitrogen and oxygen atoms in total. The zero-order valence-electron chi connectivity index (χ0n) is 17.7. The molecule has 150 valence electrons. The molecule has 1 heterocycles. The summed E-state index contributed by atoms with van der Waals surface area (Å²) in [5.74, 6) is 1.62. The predicted octanol–water partition coefficient (Wildman–Crippen LogP) is 3.01. The van der Waals surface area contributed by atoms with Gasteiger partial charge in [0.1, 0.15) is 0 Å². The van der Waals surface area contributed by atoms with Gasteiger partial charge in [0.2, 0.25) is 0 Å². The van der Waals surface area contributed by atoms with E-state index in [-0.39, 0.29) is 24.0 Å². The van der Waals surface area contributed by atoms with E-state index < -0.39 is 0 Å². The molecule has 0 aromatic carbocycles. The van der Waals surface area contributed by atoms with Crippen molar-refractivity contribution in [3.63, 3.8) is 0 Å². The lowest BCUT2D eigenvalue weighted by molar-refractivity contribution is 0.181. The smallest absolute Gasteiger partial charge is 0.191 e. The third-order valence-corrected chi connectivity index (χ3v) is 4.99. The molecule has 25 heavy (non-hydrogen) atoms. The van der Waals surface area contributed by atoms with E-state index in [0.717, 1.165) is 32.1 Å². The second kappa shape index (κ2) is 12.3. The van der Waals surface area contributed by atoms with Gasteiger partial charge in [-0.3, -0.25) is 14.8 Å². The second-order valence-corrected chi connectivity index (χ2v) is 7.96. The second-order valence-electron chi connectivity index (χ2n) is 7.96. The zero-order valence-corrected chi connectivity index (χ0v) is 20.0. The summed E-state index contributed by atoms with van der Waals surface area (Å²) in [5, 5.41) is 7.07. The van der Waals surface area contributed by atoms with Crippen LogP contribution >= 0.6 is 24.0 Å². The molecule has 0 aromatic heterocycles. The van der Waals surface area contributed by atoms with Crippen molar-refractivity contribution in [3.8, 4) is 0 Å². The van der Waals surface area contributed by atoms with Crippen molar-refractivity contribution in [1.29, 1.82) is 0 Å². The van der Waals surface area contributed by atoms with Crippen LogP contribution < -0.4 is 10.6 Å². The largest absolute Gasteiger partial charge is 0.357 e. The Labute approximate surface area is 173 Å². The summed E-state index contributed by atoms with van der Waals surface area (Å²) < 4.78 is 0. The lowest BCUT2D eigenvalue weighted by Crippen LogP contribution is -2.47.